The number of amides is 1. The van der Waals surface area contributed by atoms with Crippen LogP contribution in [-0.2, 0) is 9.53 Å². The zero-order valence-electron chi connectivity index (χ0n) is 8.99. The minimum atomic E-state index is -0.0549. The van der Waals surface area contributed by atoms with Gasteiger partial charge in [0.15, 0.2) is 0 Å². The lowest BCUT2D eigenvalue weighted by Crippen LogP contribution is -2.13. The molecule has 1 aromatic heterocycles. The quantitative estimate of drug-likeness (QED) is 0.819. The van der Waals surface area contributed by atoms with E-state index >= 15 is 0 Å². The van der Waals surface area contributed by atoms with E-state index < -0.39 is 0 Å². The van der Waals surface area contributed by atoms with E-state index in [4.69, 9.17) is 4.74 Å². The van der Waals surface area contributed by atoms with Gasteiger partial charge in [-0.3, -0.25) is 9.89 Å². The number of benzene rings is 1. The third-order valence-electron chi connectivity index (χ3n) is 2.26. The molecule has 0 saturated carbocycles. The number of aromatic amines is 1. The number of H-pyrrole nitrogens is 1. The van der Waals surface area contributed by atoms with Gasteiger partial charge < -0.3 is 10.1 Å². The number of aromatic nitrogens is 2. The lowest BCUT2D eigenvalue weighted by atomic mass is 10.2. The fraction of sp³-hybridized carbons (Fsp3) is 0.273. The molecule has 1 aromatic carbocycles. The van der Waals surface area contributed by atoms with Crippen molar-refractivity contribution < 1.29 is 9.53 Å². The van der Waals surface area contributed by atoms with Gasteiger partial charge in [0.2, 0.25) is 5.91 Å². The summed E-state index contributed by atoms with van der Waals surface area (Å²) in [5, 5.41) is 10.6. The maximum absolute atomic E-state index is 11.4. The van der Waals surface area contributed by atoms with Crippen molar-refractivity contribution >= 4 is 22.5 Å². The largest absolute Gasteiger partial charge is 0.384 e. The Labute approximate surface area is 92.8 Å². The van der Waals surface area contributed by atoms with Gasteiger partial charge in [-0.25, -0.2) is 0 Å². The maximum Gasteiger partial charge on any atom is 0.226 e. The van der Waals surface area contributed by atoms with Gasteiger partial charge in [0.05, 0.1) is 24.7 Å². The molecule has 2 N–H and O–H groups in total. The molecule has 84 valence electrons. The Hall–Kier alpha value is -1.88. The van der Waals surface area contributed by atoms with Gasteiger partial charge in [0.1, 0.15) is 0 Å². The van der Waals surface area contributed by atoms with E-state index in [2.05, 4.69) is 15.5 Å². The zero-order chi connectivity index (χ0) is 11.4. The average Bonchev–Trinajstić information content (AvgIpc) is 2.73. The van der Waals surface area contributed by atoms with Gasteiger partial charge in [-0.05, 0) is 18.2 Å². The van der Waals surface area contributed by atoms with Gasteiger partial charge in [-0.15, -0.1) is 0 Å². The van der Waals surface area contributed by atoms with Crippen LogP contribution in [0.3, 0.4) is 0 Å². The molecule has 0 spiro atoms. The van der Waals surface area contributed by atoms with Crippen molar-refractivity contribution in [2.45, 2.75) is 6.42 Å². The molecule has 0 bridgehead atoms. The van der Waals surface area contributed by atoms with Gasteiger partial charge in [-0.2, -0.15) is 5.10 Å². The summed E-state index contributed by atoms with van der Waals surface area (Å²) in [5.41, 5.74) is 1.67. The number of nitrogens with one attached hydrogen (secondary N) is 2. The minimum Gasteiger partial charge on any atom is -0.384 e. The van der Waals surface area contributed by atoms with Crippen LogP contribution in [0.15, 0.2) is 24.4 Å². The Balaban J connectivity index is 2.06. The van der Waals surface area contributed by atoms with E-state index in [-0.39, 0.29) is 5.91 Å². The Morgan fingerprint density at radius 1 is 1.56 bits per heavy atom. The highest BCUT2D eigenvalue weighted by Crippen LogP contribution is 2.16. The lowest BCUT2D eigenvalue weighted by Gasteiger charge is -2.04. The van der Waals surface area contributed by atoms with Gasteiger partial charge in [0.25, 0.3) is 0 Å². The first-order valence-electron chi connectivity index (χ1n) is 5.01. The second-order valence-electron chi connectivity index (χ2n) is 3.46. The van der Waals surface area contributed by atoms with Crippen molar-refractivity contribution in [3.63, 3.8) is 0 Å². The van der Waals surface area contributed by atoms with Crippen molar-refractivity contribution in [2.24, 2.45) is 0 Å². The molecule has 16 heavy (non-hydrogen) atoms. The van der Waals surface area contributed by atoms with Crippen LogP contribution in [0.2, 0.25) is 0 Å². The second kappa shape index (κ2) is 4.76. The number of methoxy groups -OCH3 is 1. The van der Waals surface area contributed by atoms with Crippen LogP contribution in [-0.4, -0.2) is 29.8 Å². The molecule has 0 aliphatic carbocycles. The average molecular weight is 219 g/mol. The smallest absolute Gasteiger partial charge is 0.226 e. The summed E-state index contributed by atoms with van der Waals surface area (Å²) >= 11 is 0. The number of carbonyl (C=O) groups is 1. The van der Waals surface area contributed by atoms with Crippen LogP contribution in [0.4, 0.5) is 5.69 Å². The van der Waals surface area contributed by atoms with Gasteiger partial charge >= 0.3 is 0 Å². The van der Waals surface area contributed by atoms with E-state index in [0.717, 1.165) is 16.6 Å². The van der Waals surface area contributed by atoms with Gasteiger partial charge in [-0.1, -0.05) is 0 Å². The van der Waals surface area contributed by atoms with Crippen LogP contribution < -0.4 is 5.32 Å². The first kappa shape index (κ1) is 10.6. The standard InChI is InChI=1S/C11H13N3O2/c1-16-5-4-11(15)13-9-3-2-8-7-12-14-10(8)6-9/h2-3,6-7H,4-5H2,1H3,(H,12,14)(H,13,15). The Morgan fingerprint density at radius 2 is 2.44 bits per heavy atom. The fourth-order valence-electron chi connectivity index (χ4n) is 1.43. The second-order valence-corrected chi connectivity index (χ2v) is 3.46. The zero-order valence-corrected chi connectivity index (χ0v) is 8.99. The Bertz CT molecular complexity index is 493. The number of carbonyl (C=O) groups excluding carboxylic acids is 1. The number of fused-ring (bicyclic) bond motifs is 1. The molecule has 1 amide bonds. The van der Waals surface area contributed by atoms with E-state index in [1.165, 1.54) is 0 Å². The number of nitrogens with zero attached hydrogens (tertiary/aromatic N) is 1. The number of hydrogen-bond donors (Lipinski definition) is 2. The normalized spacial score (nSPS) is 10.6. The molecule has 2 aromatic rings. The van der Waals surface area contributed by atoms with Crippen LogP contribution >= 0.6 is 0 Å². The molecule has 1 heterocycles. The predicted octanol–water partition coefficient (Wildman–Crippen LogP) is 1.54. The third kappa shape index (κ3) is 2.38. The highest BCUT2D eigenvalue weighted by Gasteiger charge is 2.03. The predicted molar refractivity (Wildman–Crippen MR) is 61.2 cm³/mol. The van der Waals surface area contributed by atoms with Gasteiger partial charge in [0, 0.05) is 18.2 Å². The summed E-state index contributed by atoms with van der Waals surface area (Å²) in [5.74, 6) is -0.0549. The molecule has 0 fully saturated rings. The van der Waals surface area contributed by atoms with Crippen molar-refractivity contribution in [2.75, 3.05) is 19.0 Å². The molecule has 0 radical (unpaired) electrons. The molecule has 2 rings (SSSR count). The summed E-state index contributed by atoms with van der Waals surface area (Å²) in [4.78, 5) is 11.4. The van der Waals surface area contributed by atoms with E-state index in [0.29, 0.717) is 13.0 Å². The molecular weight excluding hydrogens is 206 g/mol. The van der Waals surface area contributed by atoms with Crippen LogP contribution in [0.25, 0.3) is 10.9 Å². The SMILES string of the molecule is COCCC(=O)Nc1ccc2cn[nH]c2c1. The van der Waals surface area contributed by atoms with E-state index in [9.17, 15) is 4.79 Å². The summed E-state index contributed by atoms with van der Waals surface area (Å²) in [7, 11) is 1.57. The molecule has 5 nitrogen and oxygen atoms in total. The third-order valence-corrected chi connectivity index (χ3v) is 2.26. The summed E-state index contributed by atoms with van der Waals surface area (Å²) < 4.78 is 4.83. The molecule has 0 aliphatic rings. The fourth-order valence-corrected chi connectivity index (χ4v) is 1.43. The number of rotatable bonds is 4. The molecule has 0 atom stereocenters. The number of ether oxygens (including phenoxy) is 1. The molecule has 0 saturated heterocycles. The number of hydrogen-bond acceptors (Lipinski definition) is 3. The van der Waals surface area contributed by atoms with Crippen molar-refractivity contribution in [1.29, 1.82) is 0 Å². The summed E-state index contributed by atoms with van der Waals surface area (Å²) in [6, 6.07) is 5.61. The lowest BCUT2D eigenvalue weighted by molar-refractivity contribution is -0.117. The Kier molecular flexibility index (Phi) is 3.16. The highest BCUT2D eigenvalue weighted by molar-refractivity contribution is 5.93. The molecular formula is C11H13N3O2. The molecule has 0 aliphatic heterocycles. The van der Waals surface area contributed by atoms with Crippen molar-refractivity contribution in [1.82, 2.24) is 10.2 Å². The van der Waals surface area contributed by atoms with Crippen LogP contribution in [0.1, 0.15) is 6.42 Å². The van der Waals surface area contributed by atoms with Crippen LogP contribution in [0.5, 0.6) is 0 Å². The minimum absolute atomic E-state index is 0.0549. The summed E-state index contributed by atoms with van der Waals surface area (Å²) in [6.45, 7) is 0.429. The molecule has 5 heteroatoms. The maximum atomic E-state index is 11.4. The van der Waals surface area contributed by atoms with E-state index in [1.54, 1.807) is 13.3 Å². The summed E-state index contributed by atoms with van der Waals surface area (Å²) in [6.07, 6.45) is 2.10. The monoisotopic (exact) mass is 219 g/mol. The van der Waals surface area contributed by atoms with E-state index in [1.807, 2.05) is 18.2 Å². The van der Waals surface area contributed by atoms with Crippen LogP contribution in [0, 0.1) is 0 Å². The first-order chi connectivity index (χ1) is 7.79. The number of anilines is 1. The van der Waals surface area contributed by atoms with Crippen molar-refractivity contribution in [3.05, 3.63) is 24.4 Å². The van der Waals surface area contributed by atoms with Crippen molar-refractivity contribution in [3.8, 4) is 0 Å². The topological polar surface area (TPSA) is 67.0 Å². The highest BCUT2D eigenvalue weighted by atomic mass is 16.5. The Morgan fingerprint density at radius 3 is 3.25 bits per heavy atom. The first-order valence-corrected chi connectivity index (χ1v) is 5.01. The molecule has 0 unspecified atom stereocenters.